The lowest BCUT2D eigenvalue weighted by molar-refractivity contribution is 0.0588. The number of rotatable bonds is 7. The number of ketones is 1. The number of likely N-dealkylation sites (N-methyl/N-ethyl adjacent to an activating group) is 1. The third-order valence-corrected chi connectivity index (χ3v) is 6.44. The summed E-state index contributed by atoms with van der Waals surface area (Å²) in [6.45, 7) is 13.6. The van der Waals surface area contributed by atoms with E-state index in [-0.39, 0.29) is 23.7 Å². The third kappa shape index (κ3) is 4.97. The van der Waals surface area contributed by atoms with Crippen LogP contribution in [0.2, 0.25) is 0 Å². The molecule has 7 nitrogen and oxygen atoms in total. The topological polar surface area (TPSA) is 80.6 Å². The molecule has 1 aromatic heterocycles. The van der Waals surface area contributed by atoms with E-state index in [0.717, 1.165) is 16.8 Å². The number of esters is 1. The monoisotopic (exact) mass is 455 g/mol. The molecule has 1 atom stereocenters. The van der Waals surface area contributed by atoms with Crippen LogP contribution in [0.1, 0.15) is 89.7 Å². The molecule has 7 heteroatoms. The van der Waals surface area contributed by atoms with Gasteiger partial charge in [0.1, 0.15) is 5.69 Å². The summed E-state index contributed by atoms with van der Waals surface area (Å²) >= 11 is 0. The Balaban J connectivity index is 2.37. The lowest BCUT2D eigenvalue weighted by atomic mass is 9.92. The number of hydrogen-bond acceptors (Lipinski definition) is 4. The number of benzene rings is 1. The molecule has 2 amide bonds. The summed E-state index contributed by atoms with van der Waals surface area (Å²) in [5.74, 6) is -0.263. The Bertz CT molecular complexity index is 1040. The fourth-order valence-corrected chi connectivity index (χ4v) is 4.18. The van der Waals surface area contributed by atoms with E-state index in [4.69, 9.17) is 4.74 Å². The molecule has 0 fully saturated rings. The van der Waals surface area contributed by atoms with Crippen molar-refractivity contribution in [3.05, 3.63) is 51.8 Å². The number of Topliss-reactive ketones (excluding diaryl/α,β-unsaturated/α-hetero) is 1. The SMILES string of the molecule is COC(=O)c1c(C)c(C(=O)C(C)N(C)C(=O)Nc2c(C(C)C)cccc2C(C)C)c(C)n1C. The van der Waals surface area contributed by atoms with Crippen LogP contribution in [0.15, 0.2) is 18.2 Å². The van der Waals surface area contributed by atoms with Crippen LogP contribution < -0.4 is 5.32 Å². The second-order valence-electron chi connectivity index (χ2n) is 9.19. The van der Waals surface area contributed by atoms with Crippen molar-refractivity contribution >= 4 is 23.5 Å². The number of ether oxygens (including phenoxy) is 1. The number of hydrogen-bond donors (Lipinski definition) is 1. The molecule has 0 radical (unpaired) electrons. The minimum Gasteiger partial charge on any atom is -0.464 e. The largest absolute Gasteiger partial charge is 0.464 e. The fraction of sp³-hybridized carbons (Fsp3) is 0.500. The summed E-state index contributed by atoms with van der Waals surface area (Å²) in [5, 5.41) is 3.06. The van der Waals surface area contributed by atoms with Gasteiger partial charge in [-0.1, -0.05) is 45.9 Å². The molecule has 1 heterocycles. The van der Waals surface area contributed by atoms with E-state index in [1.165, 1.54) is 12.0 Å². The maximum Gasteiger partial charge on any atom is 0.354 e. The number of para-hydroxylation sites is 1. The van der Waals surface area contributed by atoms with Gasteiger partial charge in [0.15, 0.2) is 5.78 Å². The van der Waals surface area contributed by atoms with Crippen LogP contribution >= 0.6 is 0 Å². The first-order valence-corrected chi connectivity index (χ1v) is 11.3. The number of urea groups is 1. The number of nitrogens with zero attached hydrogens (tertiary/aromatic N) is 2. The molecule has 1 aromatic carbocycles. The first-order chi connectivity index (χ1) is 15.3. The molecule has 0 bridgehead atoms. The second-order valence-corrected chi connectivity index (χ2v) is 9.19. The normalized spacial score (nSPS) is 12.1. The van der Waals surface area contributed by atoms with Gasteiger partial charge < -0.3 is 19.5 Å². The summed E-state index contributed by atoms with van der Waals surface area (Å²) < 4.78 is 6.54. The van der Waals surface area contributed by atoms with Crippen molar-refractivity contribution in [3.8, 4) is 0 Å². The van der Waals surface area contributed by atoms with E-state index in [1.54, 1.807) is 39.4 Å². The second kappa shape index (κ2) is 10.2. The molecular weight excluding hydrogens is 418 g/mol. The van der Waals surface area contributed by atoms with Gasteiger partial charge in [-0.25, -0.2) is 9.59 Å². The molecule has 2 aromatic rings. The van der Waals surface area contributed by atoms with E-state index in [9.17, 15) is 14.4 Å². The van der Waals surface area contributed by atoms with Gasteiger partial charge in [-0.3, -0.25) is 4.79 Å². The number of methoxy groups -OCH3 is 1. The minimum absolute atomic E-state index is 0.227. The highest BCUT2D eigenvalue weighted by atomic mass is 16.5. The van der Waals surface area contributed by atoms with Crippen LogP contribution in [-0.2, 0) is 11.8 Å². The van der Waals surface area contributed by atoms with Crippen LogP contribution in [0.25, 0.3) is 0 Å². The van der Waals surface area contributed by atoms with Crippen LogP contribution in [-0.4, -0.2) is 47.4 Å². The highest BCUT2D eigenvalue weighted by molar-refractivity contribution is 6.07. The molecular formula is C26H37N3O4. The Hall–Kier alpha value is -3.09. The Kier molecular flexibility index (Phi) is 8.11. The zero-order chi connectivity index (χ0) is 25.2. The summed E-state index contributed by atoms with van der Waals surface area (Å²) in [5.41, 5.74) is 4.91. The molecule has 0 saturated heterocycles. The van der Waals surface area contributed by atoms with Gasteiger partial charge in [0.05, 0.1) is 13.2 Å². The maximum absolute atomic E-state index is 13.4. The van der Waals surface area contributed by atoms with Crippen molar-refractivity contribution in [1.82, 2.24) is 9.47 Å². The molecule has 0 aliphatic carbocycles. The highest BCUT2D eigenvalue weighted by Gasteiger charge is 2.31. The number of nitrogens with one attached hydrogen (secondary N) is 1. The molecule has 0 aliphatic rings. The fourth-order valence-electron chi connectivity index (χ4n) is 4.18. The van der Waals surface area contributed by atoms with Crippen molar-refractivity contribution in [2.24, 2.45) is 7.05 Å². The summed E-state index contributed by atoms with van der Waals surface area (Å²) in [7, 11) is 4.65. The standard InChI is InChI=1S/C26H37N3O4/c1-14(2)19-12-11-13-20(15(3)4)22(19)27-26(32)29(9)18(7)24(30)21-16(5)23(25(31)33-10)28(8)17(21)6/h11-15,18H,1-10H3,(H,27,32). The van der Waals surface area contributed by atoms with Gasteiger partial charge in [-0.05, 0) is 49.3 Å². The van der Waals surface area contributed by atoms with Crippen LogP contribution in [0.3, 0.4) is 0 Å². The predicted octanol–water partition coefficient (Wildman–Crippen LogP) is 5.41. The Labute approximate surface area is 197 Å². The van der Waals surface area contributed by atoms with E-state index >= 15 is 0 Å². The molecule has 0 saturated carbocycles. The highest BCUT2D eigenvalue weighted by Crippen LogP contribution is 2.33. The predicted molar refractivity (Wildman–Crippen MR) is 131 cm³/mol. The van der Waals surface area contributed by atoms with Crippen molar-refractivity contribution in [3.63, 3.8) is 0 Å². The number of amides is 2. The molecule has 1 unspecified atom stereocenters. The first-order valence-electron chi connectivity index (χ1n) is 11.3. The van der Waals surface area contributed by atoms with Gasteiger partial charge in [0, 0.05) is 31.0 Å². The minimum atomic E-state index is -0.732. The van der Waals surface area contributed by atoms with Crippen LogP contribution in [0, 0.1) is 13.8 Å². The van der Waals surface area contributed by atoms with E-state index in [0.29, 0.717) is 22.5 Å². The lowest BCUT2D eigenvalue weighted by Gasteiger charge is -2.27. The van der Waals surface area contributed by atoms with Gasteiger partial charge in [-0.15, -0.1) is 0 Å². The quantitative estimate of drug-likeness (QED) is 0.447. The van der Waals surface area contributed by atoms with Gasteiger partial charge in [0.25, 0.3) is 0 Å². The average molecular weight is 456 g/mol. The summed E-state index contributed by atoms with van der Waals surface area (Å²) in [6.07, 6.45) is 0. The van der Waals surface area contributed by atoms with Gasteiger partial charge in [0.2, 0.25) is 0 Å². The van der Waals surface area contributed by atoms with Crippen molar-refractivity contribution in [2.45, 2.75) is 66.3 Å². The van der Waals surface area contributed by atoms with Gasteiger partial charge in [-0.2, -0.15) is 0 Å². The molecule has 33 heavy (non-hydrogen) atoms. The Morgan fingerprint density at radius 3 is 1.97 bits per heavy atom. The average Bonchev–Trinajstić information content (AvgIpc) is 2.99. The molecule has 180 valence electrons. The molecule has 2 rings (SSSR count). The van der Waals surface area contributed by atoms with Crippen LogP contribution in [0.4, 0.5) is 10.5 Å². The summed E-state index contributed by atoms with van der Waals surface area (Å²) in [4.78, 5) is 40.3. The lowest BCUT2D eigenvalue weighted by Crippen LogP contribution is -2.43. The number of anilines is 1. The van der Waals surface area contributed by atoms with Gasteiger partial charge >= 0.3 is 12.0 Å². The van der Waals surface area contributed by atoms with E-state index in [2.05, 4.69) is 33.0 Å². The smallest absolute Gasteiger partial charge is 0.354 e. The zero-order valence-corrected chi connectivity index (χ0v) is 21.5. The number of carbonyl (C=O) groups excluding carboxylic acids is 3. The summed E-state index contributed by atoms with van der Waals surface area (Å²) in [6, 6.07) is 4.96. The van der Waals surface area contributed by atoms with Crippen molar-refractivity contribution in [2.75, 3.05) is 19.5 Å². The van der Waals surface area contributed by atoms with Crippen molar-refractivity contribution < 1.29 is 19.1 Å². The zero-order valence-electron chi connectivity index (χ0n) is 21.5. The number of carbonyl (C=O) groups is 3. The van der Waals surface area contributed by atoms with E-state index < -0.39 is 12.0 Å². The maximum atomic E-state index is 13.4. The first kappa shape index (κ1) is 26.2. The molecule has 1 N–H and O–H groups in total. The Morgan fingerprint density at radius 2 is 1.52 bits per heavy atom. The Morgan fingerprint density at radius 1 is 1.00 bits per heavy atom. The van der Waals surface area contributed by atoms with Crippen molar-refractivity contribution in [1.29, 1.82) is 0 Å². The van der Waals surface area contributed by atoms with E-state index in [1.807, 2.05) is 18.2 Å². The molecule has 0 spiro atoms. The van der Waals surface area contributed by atoms with Crippen LogP contribution in [0.5, 0.6) is 0 Å². The molecule has 0 aliphatic heterocycles. The number of aromatic nitrogens is 1. The third-order valence-electron chi connectivity index (χ3n) is 6.44.